The van der Waals surface area contributed by atoms with E-state index in [0.717, 1.165) is 12.8 Å². The number of hydrogen-bond acceptors (Lipinski definition) is 6. The molecule has 5 atom stereocenters. The molecule has 0 aliphatic carbocycles. The van der Waals surface area contributed by atoms with Crippen molar-refractivity contribution in [3.8, 4) is 0 Å². The van der Waals surface area contributed by atoms with Crippen LogP contribution in [0.2, 0.25) is 0 Å². The number of thiol groups is 1. The fourth-order valence-electron chi connectivity index (χ4n) is 2.64. The van der Waals surface area contributed by atoms with Gasteiger partial charge in [-0.05, 0) is 6.42 Å². The van der Waals surface area contributed by atoms with Crippen molar-refractivity contribution in [1.82, 2.24) is 0 Å². The quantitative estimate of drug-likeness (QED) is 0.342. The molecule has 0 aromatic rings. The molecule has 1 heterocycles. The highest BCUT2D eigenvalue weighted by molar-refractivity contribution is 7.81. The minimum absolute atomic E-state index is 0.317. The standard InChI is InChI=1S/C16H32O5S/c1-2-3-4-5-6-7-8-9-10-20-16-14(19)15(22)13(18)12(11-17)21-16/h12-19,22H,2-11H2,1H3/t12-,13-,14-,15+,16?/m1/s1. The van der Waals surface area contributed by atoms with Gasteiger partial charge in [-0.1, -0.05) is 51.9 Å². The molecule has 1 unspecified atom stereocenters. The van der Waals surface area contributed by atoms with E-state index in [9.17, 15) is 10.2 Å². The van der Waals surface area contributed by atoms with Crippen molar-refractivity contribution in [2.75, 3.05) is 13.2 Å². The molecule has 22 heavy (non-hydrogen) atoms. The summed E-state index contributed by atoms with van der Waals surface area (Å²) in [5, 5.41) is 28.2. The first-order chi connectivity index (χ1) is 10.6. The molecule has 1 aliphatic heterocycles. The molecular formula is C16H32O5S. The molecule has 1 aliphatic rings. The maximum Gasteiger partial charge on any atom is 0.185 e. The second-order valence-electron chi connectivity index (χ2n) is 6.04. The maximum atomic E-state index is 9.98. The summed E-state index contributed by atoms with van der Waals surface area (Å²) in [6.07, 6.45) is 6.14. The van der Waals surface area contributed by atoms with E-state index in [1.807, 2.05) is 0 Å². The topological polar surface area (TPSA) is 79.2 Å². The fraction of sp³-hybridized carbons (Fsp3) is 1.00. The molecule has 132 valence electrons. The zero-order chi connectivity index (χ0) is 16.4. The fourth-order valence-corrected chi connectivity index (χ4v) is 2.97. The molecule has 0 bridgehead atoms. The average Bonchev–Trinajstić information content (AvgIpc) is 2.53. The number of unbranched alkanes of at least 4 members (excludes halogenated alkanes) is 7. The summed E-state index contributed by atoms with van der Waals surface area (Å²) in [6.45, 7) is 2.41. The van der Waals surface area contributed by atoms with Crippen LogP contribution in [0.15, 0.2) is 0 Å². The first kappa shape index (κ1) is 20.2. The Morgan fingerprint density at radius 1 is 0.955 bits per heavy atom. The lowest BCUT2D eigenvalue weighted by Crippen LogP contribution is -2.57. The summed E-state index contributed by atoms with van der Waals surface area (Å²) in [4.78, 5) is 0. The highest BCUT2D eigenvalue weighted by Crippen LogP contribution is 2.25. The van der Waals surface area contributed by atoms with E-state index in [4.69, 9.17) is 14.6 Å². The zero-order valence-corrected chi connectivity index (χ0v) is 14.5. The Bertz CT molecular complexity index is 277. The molecular weight excluding hydrogens is 304 g/mol. The second-order valence-corrected chi connectivity index (χ2v) is 6.64. The predicted octanol–water partition coefficient (Wildman–Crippen LogP) is 1.88. The molecule has 5 nitrogen and oxygen atoms in total. The number of ether oxygens (including phenoxy) is 2. The molecule has 0 radical (unpaired) electrons. The van der Waals surface area contributed by atoms with E-state index in [1.54, 1.807) is 0 Å². The Morgan fingerprint density at radius 3 is 2.14 bits per heavy atom. The van der Waals surface area contributed by atoms with E-state index in [1.165, 1.54) is 38.5 Å². The van der Waals surface area contributed by atoms with Gasteiger partial charge in [-0.3, -0.25) is 0 Å². The Kier molecular flexibility index (Phi) is 10.7. The van der Waals surface area contributed by atoms with Crippen LogP contribution in [0.1, 0.15) is 58.3 Å². The van der Waals surface area contributed by atoms with Gasteiger partial charge in [0.1, 0.15) is 12.2 Å². The lowest BCUT2D eigenvalue weighted by molar-refractivity contribution is -0.267. The van der Waals surface area contributed by atoms with Gasteiger partial charge in [0, 0.05) is 6.61 Å². The van der Waals surface area contributed by atoms with Gasteiger partial charge in [-0.25, -0.2) is 0 Å². The van der Waals surface area contributed by atoms with Gasteiger partial charge in [0.15, 0.2) is 6.29 Å². The lowest BCUT2D eigenvalue weighted by Gasteiger charge is -2.40. The number of aliphatic hydroxyl groups excluding tert-OH is 3. The first-order valence-electron chi connectivity index (χ1n) is 8.54. The van der Waals surface area contributed by atoms with Crippen molar-refractivity contribution in [2.45, 2.75) is 88.1 Å². The Balaban J connectivity index is 2.11. The van der Waals surface area contributed by atoms with Gasteiger partial charge >= 0.3 is 0 Å². The van der Waals surface area contributed by atoms with Gasteiger partial charge in [0.05, 0.1) is 18.0 Å². The van der Waals surface area contributed by atoms with Crippen LogP contribution in [0, 0.1) is 0 Å². The smallest absolute Gasteiger partial charge is 0.185 e. The lowest BCUT2D eigenvalue weighted by atomic mass is 10.0. The minimum atomic E-state index is -0.994. The maximum absolute atomic E-state index is 9.98. The van der Waals surface area contributed by atoms with E-state index < -0.39 is 29.9 Å². The summed E-state index contributed by atoms with van der Waals surface area (Å²) in [5.74, 6) is 0. The first-order valence-corrected chi connectivity index (χ1v) is 9.05. The third-order valence-corrected chi connectivity index (χ3v) is 4.74. The third kappa shape index (κ3) is 6.72. The van der Waals surface area contributed by atoms with Gasteiger partial charge in [0.2, 0.25) is 0 Å². The van der Waals surface area contributed by atoms with Crippen molar-refractivity contribution in [3.63, 3.8) is 0 Å². The second kappa shape index (κ2) is 11.6. The normalized spacial score (nSPS) is 32.3. The Labute approximate surface area is 139 Å². The van der Waals surface area contributed by atoms with Crippen LogP contribution >= 0.6 is 12.6 Å². The van der Waals surface area contributed by atoms with E-state index in [0.29, 0.717) is 6.61 Å². The Hall–Kier alpha value is 0.150. The van der Waals surface area contributed by atoms with E-state index in [2.05, 4.69) is 19.6 Å². The van der Waals surface area contributed by atoms with Crippen molar-refractivity contribution in [3.05, 3.63) is 0 Å². The molecule has 0 saturated carbocycles. The molecule has 1 saturated heterocycles. The predicted molar refractivity (Wildman–Crippen MR) is 89.1 cm³/mol. The molecule has 6 heteroatoms. The van der Waals surface area contributed by atoms with Gasteiger partial charge in [0.25, 0.3) is 0 Å². The molecule has 0 amide bonds. The molecule has 1 fully saturated rings. The van der Waals surface area contributed by atoms with Crippen molar-refractivity contribution in [1.29, 1.82) is 0 Å². The largest absolute Gasteiger partial charge is 0.394 e. The summed E-state index contributed by atoms with van der Waals surface area (Å²) in [6, 6.07) is 0. The highest BCUT2D eigenvalue weighted by atomic mass is 32.1. The molecule has 0 aromatic heterocycles. The van der Waals surface area contributed by atoms with E-state index >= 15 is 0 Å². The van der Waals surface area contributed by atoms with Crippen LogP contribution in [0.3, 0.4) is 0 Å². The van der Waals surface area contributed by atoms with Gasteiger partial charge in [-0.2, -0.15) is 12.6 Å². The molecule has 0 spiro atoms. The zero-order valence-electron chi connectivity index (χ0n) is 13.6. The summed E-state index contributed by atoms with van der Waals surface area (Å²) < 4.78 is 10.9. The average molecular weight is 336 g/mol. The van der Waals surface area contributed by atoms with Crippen LogP contribution in [0.5, 0.6) is 0 Å². The summed E-state index contributed by atoms with van der Waals surface area (Å²) >= 11 is 4.17. The number of rotatable bonds is 11. The monoisotopic (exact) mass is 336 g/mol. The molecule has 1 rings (SSSR count). The number of aliphatic hydroxyl groups is 3. The summed E-state index contributed by atoms with van der Waals surface area (Å²) in [7, 11) is 0. The van der Waals surface area contributed by atoms with Crippen LogP contribution in [-0.2, 0) is 9.47 Å². The minimum Gasteiger partial charge on any atom is -0.394 e. The van der Waals surface area contributed by atoms with E-state index in [-0.39, 0.29) is 6.61 Å². The van der Waals surface area contributed by atoms with Crippen molar-refractivity contribution >= 4 is 12.6 Å². The van der Waals surface area contributed by atoms with Crippen LogP contribution < -0.4 is 0 Å². The van der Waals surface area contributed by atoms with Crippen molar-refractivity contribution in [2.24, 2.45) is 0 Å². The SMILES string of the molecule is CCCCCCCCCCOC1O[C@H](CO)[C@@H](O)[C@H](S)[C@H]1O. The van der Waals surface area contributed by atoms with Crippen LogP contribution in [0.4, 0.5) is 0 Å². The molecule has 0 aromatic carbocycles. The third-order valence-electron chi connectivity index (χ3n) is 4.13. The Morgan fingerprint density at radius 2 is 1.55 bits per heavy atom. The van der Waals surface area contributed by atoms with Crippen LogP contribution in [0.25, 0.3) is 0 Å². The number of hydrogen-bond donors (Lipinski definition) is 4. The van der Waals surface area contributed by atoms with Gasteiger partial charge in [-0.15, -0.1) is 0 Å². The summed E-state index contributed by atoms with van der Waals surface area (Å²) in [5.41, 5.74) is 0. The van der Waals surface area contributed by atoms with Crippen molar-refractivity contribution < 1.29 is 24.8 Å². The van der Waals surface area contributed by atoms with Crippen LogP contribution in [-0.4, -0.2) is 58.4 Å². The van der Waals surface area contributed by atoms with Gasteiger partial charge < -0.3 is 24.8 Å². The highest BCUT2D eigenvalue weighted by Gasteiger charge is 2.42. The molecule has 3 N–H and O–H groups in total.